The van der Waals surface area contributed by atoms with Crippen molar-refractivity contribution < 1.29 is 4.74 Å². The molecular weight excluding hydrogens is 340 g/mol. The summed E-state index contributed by atoms with van der Waals surface area (Å²) >= 11 is 11.8. The van der Waals surface area contributed by atoms with Crippen molar-refractivity contribution in [1.29, 1.82) is 0 Å². The van der Waals surface area contributed by atoms with Gasteiger partial charge in [-0.05, 0) is 62.3 Å². The molecule has 0 fully saturated rings. The quantitative estimate of drug-likeness (QED) is 0.731. The Bertz CT molecular complexity index is 675. The molecular formula is C19H23ClN2OS. The first-order valence-corrected chi connectivity index (χ1v) is 8.78. The highest BCUT2D eigenvalue weighted by Crippen LogP contribution is 2.22. The SMILES string of the molecule is CCN(C(=S)Nc1ccccc1Cl)C(C)Cc1ccc(OC)cc1. The number of ether oxygens (including phenoxy) is 1. The molecule has 0 spiro atoms. The summed E-state index contributed by atoms with van der Waals surface area (Å²) < 4.78 is 5.20. The number of hydrogen-bond donors (Lipinski definition) is 1. The van der Waals surface area contributed by atoms with E-state index in [0.717, 1.165) is 24.4 Å². The van der Waals surface area contributed by atoms with E-state index in [-0.39, 0.29) is 6.04 Å². The molecule has 1 N–H and O–H groups in total. The Morgan fingerprint density at radius 3 is 2.46 bits per heavy atom. The molecule has 0 saturated carbocycles. The summed E-state index contributed by atoms with van der Waals surface area (Å²) in [6.07, 6.45) is 0.905. The molecule has 5 heteroatoms. The zero-order valence-electron chi connectivity index (χ0n) is 14.3. The molecule has 0 heterocycles. The molecule has 0 aliphatic heterocycles. The fraction of sp³-hybridized carbons (Fsp3) is 0.316. The van der Waals surface area contributed by atoms with Crippen molar-refractivity contribution in [3.05, 3.63) is 59.1 Å². The van der Waals surface area contributed by atoms with Gasteiger partial charge in [-0.15, -0.1) is 0 Å². The molecule has 2 aromatic carbocycles. The van der Waals surface area contributed by atoms with E-state index in [1.165, 1.54) is 5.56 Å². The zero-order chi connectivity index (χ0) is 17.5. The maximum absolute atomic E-state index is 6.20. The third-order valence-corrected chi connectivity index (χ3v) is 4.61. The van der Waals surface area contributed by atoms with Crippen LogP contribution in [0.5, 0.6) is 5.75 Å². The fourth-order valence-corrected chi connectivity index (χ4v) is 3.22. The third kappa shape index (κ3) is 4.86. The fourth-order valence-electron chi connectivity index (χ4n) is 2.62. The summed E-state index contributed by atoms with van der Waals surface area (Å²) in [5.74, 6) is 0.870. The number of thiocarbonyl (C=S) groups is 1. The maximum atomic E-state index is 6.20. The smallest absolute Gasteiger partial charge is 0.173 e. The van der Waals surface area contributed by atoms with Crippen molar-refractivity contribution in [2.75, 3.05) is 19.0 Å². The zero-order valence-corrected chi connectivity index (χ0v) is 15.8. The van der Waals surface area contributed by atoms with Gasteiger partial charge in [-0.1, -0.05) is 35.9 Å². The number of nitrogens with zero attached hydrogens (tertiary/aromatic N) is 1. The third-order valence-electron chi connectivity index (χ3n) is 3.94. The molecule has 0 bridgehead atoms. The Kier molecular flexibility index (Phi) is 6.88. The molecule has 128 valence electrons. The minimum atomic E-state index is 0.269. The highest BCUT2D eigenvalue weighted by molar-refractivity contribution is 7.80. The average molecular weight is 363 g/mol. The van der Waals surface area contributed by atoms with Gasteiger partial charge in [0.1, 0.15) is 5.75 Å². The highest BCUT2D eigenvalue weighted by Gasteiger charge is 2.16. The second kappa shape index (κ2) is 8.90. The Balaban J connectivity index is 2.03. The number of methoxy groups -OCH3 is 1. The van der Waals surface area contributed by atoms with E-state index in [4.69, 9.17) is 28.6 Å². The van der Waals surface area contributed by atoms with Crippen molar-refractivity contribution in [3.63, 3.8) is 0 Å². The van der Waals surface area contributed by atoms with Crippen LogP contribution in [0.3, 0.4) is 0 Å². The molecule has 3 nitrogen and oxygen atoms in total. The van der Waals surface area contributed by atoms with Gasteiger partial charge in [0.05, 0.1) is 17.8 Å². The Labute approximate surface area is 154 Å². The lowest BCUT2D eigenvalue weighted by atomic mass is 10.1. The second-order valence-corrected chi connectivity index (χ2v) is 6.39. The Morgan fingerprint density at radius 1 is 1.21 bits per heavy atom. The summed E-state index contributed by atoms with van der Waals surface area (Å²) in [7, 11) is 1.68. The standard InChI is InChI=1S/C19H23ClN2OS/c1-4-22(19(24)21-18-8-6-5-7-17(18)20)14(2)13-15-9-11-16(23-3)12-10-15/h5-12,14H,4,13H2,1-3H3,(H,21,24). The number of para-hydroxylation sites is 1. The van der Waals surface area contributed by atoms with Gasteiger partial charge in [0, 0.05) is 12.6 Å². The van der Waals surface area contributed by atoms with Crippen LogP contribution in [0.1, 0.15) is 19.4 Å². The molecule has 24 heavy (non-hydrogen) atoms. The predicted molar refractivity (Wildman–Crippen MR) is 106 cm³/mol. The van der Waals surface area contributed by atoms with E-state index in [1.54, 1.807) is 7.11 Å². The highest BCUT2D eigenvalue weighted by atomic mass is 35.5. The summed E-state index contributed by atoms with van der Waals surface area (Å²) in [5.41, 5.74) is 2.08. The van der Waals surface area contributed by atoms with Crippen molar-refractivity contribution in [2.45, 2.75) is 26.3 Å². The number of rotatable bonds is 6. The van der Waals surface area contributed by atoms with E-state index in [2.05, 4.69) is 36.2 Å². The van der Waals surface area contributed by atoms with Gasteiger partial charge in [-0.25, -0.2) is 0 Å². The first kappa shape index (κ1) is 18.6. The Morgan fingerprint density at radius 2 is 1.88 bits per heavy atom. The molecule has 0 aliphatic carbocycles. The van der Waals surface area contributed by atoms with Crippen molar-refractivity contribution >= 4 is 34.6 Å². The van der Waals surface area contributed by atoms with Gasteiger partial charge in [0.2, 0.25) is 0 Å². The first-order chi connectivity index (χ1) is 11.5. The van der Waals surface area contributed by atoms with Gasteiger partial charge in [0.25, 0.3) is 0 Å². The molecule has 2 rings (SSSR count). The van der Waals surface area contributed by atoms with Crippen LogP contribution in [0, 0.1) is 0 Å². The number of hydrogen-bond acceptors (Lipinski definition) is 2. The van der Waals surface area contributed by atoms with Crippen LogP contribution in [0.25, 0.3) is 0 Å². The number of nitrogens with one attached hydrogen (secondary N) is 1. The number of anilines is 1. The van der Waals surface area contributed by atoms with Crippen LogP contribution in [-0.2, 0) is 6.42 Å². The lowest BCUT2D eigenvalue weighted by molar-refractivity contribution is 0.347. The minimum absolute atomic E-state index is 0.269. The van der Waals surface area contributed by atoms with E-state index in [0.29, 0.717) is 10.1 Å². The largest absolute Gasteiger partial charge is 0.497 e. The first-order valence-electron chi connectivity index (χ1n) is 8.00. The average Bonchev–Trinajstić information content (AvgIpc) is 2.58. The molecule has 0 radical (unpaired) electrons. The predicted octanol–water partition coefficient (Wildman–Crippen LogP) is 5.00. The lowest BCUT2D eigenvalue weighted by Gasteiger charge is -2.31. The molecule has 1 atom stereocenters. The topological polar surface area (TPSA) is 24.5 Å². The van der Waals surface area contributed by atoms with E-state index >= 15 is 0 Å². The van der Waals surface area contributed by atoms with Gasteiger partial charge in [0.15, 0.2) is 5.11 Å². The van der Waals surface area contributed by atoms with Crippen LogP contribution in [0.4, 0.5) is 5.69 Å². The van der Waals surface area contributed by atoms with E-state index in [1.807, 2.05) is 36.4 Å². The molecule has 0 aliphatic rings. The maximum Gasteiger partial charge on any atom is 0.173 e. The van der Waals surface area contributed by atoms with Gasteiger partial charge in [-0.2, -0.15) is 0 Å². The van der Waals surface area contributed by atoms with Crippen LogP contribution < -0.4 is 10.1 Å². The molecule has 0 amide bonds. The van der Waals surface area contributed by atoms with Crippen LogP contribution in [0.15, 0.2) is 48.5 Å². The number of benzene rings is 2. The molecule has 0 aromatic heterocycles. The Hall–Kier alpha value is -1.78. The summed E-state index contributed by atoms with van der Waals surface area (Å²) in [5, 5.41) is 4.60. The molecule has 2 aromatic rings. The molecule has 0 saturated heterocycles. The van der Waals surface area contributed by atoms with Gasteiger partial charge in [-0.3, -0.25) is 0 Å². The lowest BCUT2D eigenvalue weighted by Crippen LogP contribution is -2.42. The van der Waals surface area contributed by atoms with Crippen molar-refractivity contribution in [2.24, 2.45) is 0 Å². The summed E-state index contributed by atoms with van der Waals surface area (Å²) in [6.45, 7) is 5.10. The molecule has 1 unspecified atom stereocenters. The van der Waals surface area contributed by atoms with Gasteiger partial charge < -0.3 is 15.0 Å². The summed E-state index contributed by atoms with van der Waals surface area (Å²) in [4.78, 5) is 2.17. The normalized spacial score (nSPS) is 11.7. The van der Waals surface area contributed by atoms with Crippen LogP contribution in [0.2, 0.25) is 5.02 Å². The second-order valence-electron chi connectivity index (χ2n) is 5.60. The van der Waals surface area contributed by atoms with E-state index < -0.39 is 0 Å². The van der Waals surface area contributed by atoms with E-state index in [9.17, 15) is 0 Å². The van der Waals surface area contributed by atoms with Crippen LogP contribution >= 0.6 is 23.8 Å². The number of likely N-dealkylation sites (N-methyl/N-ethyl adjacent to an activating group) is 1. The summed E-state index contributed by atoms with van der Waals surface area (Å²) in [6, 6.07) is 16.0. The van der Waals surface area contributed by atoms with Crippen LogP contribution in [-0.4, -0.2) is 29.7 Å². The minimum Gasteiger partial charge on any atom is -0.497 e. The van der Waals surface area contributed by atoms with Crippen molar-refractivity contribution in [3.8, 4) is 5.75 Å². The van der Waals surface area contributed by atoms with Crippen molar-refractivity contribution in [1.82, 2.24) is 4.90 Å². The van der Waals surface area contributed by atoms with Gasteiger partial charge >= 0.3 is 0 Å². The monoisotopic (exact) mass is 362 g/mol. The number of halogens is 1.